The Labute approximate surface area is 220 Å². The van der Waals surface area contributed by atoms with Gasteiger partial charge in [-0.25, -0.2) is 33.3 Å². The van der Waals surface area contributed by atoms with Gasteiger partial charge < -0.3 is 9.80 Å². The zero-order chi connectivity index (χ0) is 27.8. The molecule has 5 rings (SSSR count). The highest BCUT2D eigenvalue weighted by Gasteiger charge is 2.34. The Morgan fingerprint density at radius 3 is 2.51 bits per heavy atom. The van der Waals surface area contributed by atoms with Crippen LogP contribution in [0.3, 0.4) is 0 Å². The first-order chi connectivity index (χ1) is 18.7. The molecule has 2 aromatic heterocycles. The van der Waals surface area contributed by atoms with E-state index in [1.54, 1.807) is 22.1 Å². The number of halogens is 2. The van der Waals surface area contributed by atoms with Crippen molar-refractivity contribution in [1.82, 2.24) is 29.0 Å². The van der Waals surface area contributed by atoms with E-state index < -0.39 is 28.9 Å². The van der Waals surface area contributed by atoms with Crippen molar-refractivity contribution in [2.45, 2.75) is 12.5 Å². The van der Waals surface area contributed by atoms with Crippen LogP contribution >= 0.6 is 0 Å². The van der Waals surface area contributed by atoms with E-state index in [1.807, 2.05) is 6.07 Å². The summed E-state index contributed by atoms with van der Waals surface area (Å²) >= 11 is 0. The number of rotatable bonds is 3. The van der Waals surface area contributed by atoms with Crippen molar-refractivity contribution in [3.05, 3.63) is 74.1 Å². The summed E-state index contributed by atoms with van der Waals surface area (Å²) in [6.07, 6.45) is 2.94. The van der Waals surface area contributed by atoms with Gasteiger partial charge in [0.15, 0.2) is 5.82 Å². The van der Waals surface area contributed by atoms with E-state index in [4.69, 9.17) is 0 Å². The number of hydrogen-bond acceptors (Lipinski definition) is 8. The summed E-state index contributed by atoms with van der Waals surface area (Å²) in [5, 5.41) is 14.6. The maximum Gasteiger partial charge on any atom is 0.341 e. The fourth-order valence-electron chi connectivity index (χ4n) is 4.64. The summed E-state index contributed by atoms with van der Waals surface area (Å²) in [6, 6.07) is 6.12. The molecular formula is C25H23F2N9O3. The second-order valence-electron chi connectivity index (χ2n) is 9.17. The molecule has 0 spiro atoms. The van der Waals surface area contributed by atoms with Crippen LogP contribution in [0.15, 0.2) is 45.2 Å². The molecule has 2 aliphatic rings. The van der Waals surface area contributed by atoms with Crippen molar-refractivity contribution in [2.75, 3.05) is 31.1 Å². The van der Waals surface area contributed by atoms with Crippen LogP contribution in [0, 0.1) is 23.0 Å². The van der Waals surface area contributed by atoms with Gasteiger partial charge in [-0.15, -0.1) is 0 Å². The van der Waals surface area contributed by atoms with Gasteiger partial charge in [-0.2, -0.15) is 10.4 Å². The predicted octanol–water partition coefficient (Wildman–Crippen LogP) is 1.37. The zero-order valence-electron chi connectivity index (χ0n) is 21.1. The Balaban J connectivity index is 1.32. The number of carbonyl (C=O) groups is 1. The van der Waals surface area contributed by atoms with Crippen LogP contribution in [-0.2, 0) is 14.1 Å². The molecule has 0 aliphatic carbocycles. The van der Waals surface area contributed by atoms with Crippen LogP contribution in [0.4, 0.5) is 19.5 Å². The van der Waals surface area contributed by atoms with E-state index in [9.17, 15) is 28.4 Å². The second kappa shape index (κ2) is 10.1. The third kappa shape index (κ3) is 4.74. The lowest BCUT2D eigenvalue weighted by atomic mass is 10.0. The smallest absolute Gasteiger partial charge is 0.337 e. The van der Waals surface area contributed by atoms with E-state index in [0.717, 1.165) is 27.5 Å². The van der Waals surface area contributed by atoms with Gasteiger partial charge in [-0.3, -0.25) is 13.9 Å². The minimum absolute atomic E-state index is 0.0212. The molecule has 0 saturated carbocycles. The number of carbonyl (C=O) groups excluding carboxylic acids is 1. The van der Waals surface area contributed by atoms with Gasteiger partial charge in [-0.1, -0.05) is 0 Å². The maximum atomic E-state index is 14.7. The fourth-order valence-corrected chi connectivity index (χ4v) is 4.64. The maximum absolute atomic E-state index is 14.7. The third-order valence-electron chi connectivity index (χ3n) is 6.79. The monoisotopic (exact) mass is 535 g/mol. The lowest BCUT2D eigenvalue weighted by molar-refractivity contribution is 0.139. The average Bonchev–Trinajstić information content (AvgIpc) is 3.44. The van der Waals surface area contributed by atoms with Crippen molar-refractivity contribution in [3.63, 3.8) is 0 Å². The largest absolute Gasteiger partial charge is 0.341 e. The molecule has 1 saturated heterocycles. The summed E-state index contributed by atoms with van der Waals surface area (Å²) in [4.78, 5) is 49.5. The van der Waals surface area contributed by atoms with Gasteiger partial charge in [0.05, 0.1) is 29.6 Å². The van der Waals surface area contributed by atoms with Crippen LogP contribution in [0.25, 0.3) is 11.4 Å². The van der Waals surface area contributed by atoms with Crippen LogP contribution in [0.2, 0.25) is 0 Å². The molecule has 1 atom stereocenters. The highest BCUT2D eigenvalue weighted by atomic mass is 19.1. The van der Waals surface area contributed by atoms with Gasteiger partial charge in [0.25, 0.3) is 5.56 Å². The molecule has 200 valence electrons. The van der Waals surface area contributed by atoms with E-state index in [1.165, 1.54) is 25.2 Å². The topological polar surface area (TPSA) is 133 Å². The fraction of sp³-hybridized carbons (Fsp3) is 0.320. The lowest BCUT2D eigenvalue weighted by Crippen LogP contribution is -2.52. The summed E-state index contributed by atoms with van der Waals surface area (Å²) in [7, 11) is 2.75. The van der Waals surface area contributed by atoms with Crippen molar-refractivity contribution in [1.29, 1.82) is 5.26 Å². The molecule has 2 amide bonds. The van der Waals surface area contributed by atoms with E-state index in [-0.39, 0.29) is 42.0 Å². The number of piperazine rings is 1. The number of nitriles is 1. The molecule has 39 heavy (non-hydrogen) atoms. The third-order valence-corrected chi connectivity index (χ3v) is 6.79. The number of nitrogens with zero attached hydrogens (tertiary/aromatic N) is 9. The predicted molar refractivity (Wildman–Crippen MR) is 136 cm³/mol. The summed E-state index contributed by atoms with van der Waals surface area (Å²) in [6.45, 7) is 1.22. The molecular weight excluding hydrogens is 512 g/mol. The molecule has 2 aliphatic heterocycles. The summed E-state index contributed by atoms with van der Waals surface area (Å²) in [5.74, 6) is -1.16. The van der Waals surface area contributed by atoms with Crippen molar-refractivity contribution in [2.24, 2.45) is 19.2 Å². The van der Waals surface area contributed by atoms with Crippen molar-refractivity contribution in [3.8, 4) is 17.5 Å². The van der Waals surface area contributed by atoms with Crippen molar-refractivity contribution < 1.29 is 13.6 Å². The van der Waals surface area contributed by atoms with Gasteiger partial charge in [0.2, 0.25) is 5.95 Å². The molecule has 12 nitrogen and oxygen atoms in total. The molecule has 0 bridgehead atoms. The van der Waals surface area contributed by atoms with Gasteiger partial charge in [0, 0.05) is 59.0 Å². The number of aromatic nitrogens is 4. The Bertz CT molecular complexity index is 1650. The number of hydrogen-bond donors (Lipinski definition) is 0. The molecule has 0 unspecified atom stereocenters. The highest BCUT2D eigenvalue weighted by molar-refractivity contribution is 5.79. The Hall–Kier alpha value is -4.93. The molecule has 0 radical (unpaired) electrons. The quantitative estimate of drug-likeness (QED) is 0.495. The molecule has 1 aromatic carbocycles. The van der Waals surface area contributed by atoms with Crippen molar-refractivity contribution >= 4 is 18.2 Å². The molecule has 4 heterocycles. The number of hydrazone groups is 1. The van der Waals surface area contributed by atoms with E-state index >= 15 is 0 Å². The first-order valence-corrected chi connectivity index (χ1v) is 12.0. The Kier molecular flexibility index (Phi) is 6.65. The van der Waals surface area contributed by atoms with Crippen LogP contribution in [-0.4, -0.2) is 67.4 Å². The lowest BCUT2D eigenvalue weighted by Gasteiger charge is -2.37. The SMILES string of the molecule is Cn1c(-c2nc(N3CCN(C(=O)N4N=CC[C@H]4c4cc(F)cc(C#N)c4)CC3)ncc2F)cc(=O)n(C)c1=O. The van der Waals surface area contributed by atoms with E-state index in [0.29, 0.717) is 25.1 Å². The molecule has 1 fully saturated rings. The number of amides is 2. The van der Waals surface area contributed by atoms with Crippen LogP contribution in [0.1, 0.15) is 23.6 Å². The zero-order valence-corrected chi connectivity index (χ0v) is 21.1. The first kappa shape index (κ1) is 25.7. The Morgan fingerprint density at radius 1 is 1.05 bits per heavy atom. The number of benzene rings is 1. The van der Waals surface area contributed by atoms with Crippen LogP contribution < -0.4 is 16.1 Å². The second-order valence-corrected chi connectivity index (χ2v) is 9.17. The van der Waals surface area contributed by atoms with Crippen LogP contribution in [0.5, 0.6) is 0 Å². The Morgan fingerprint density at radius 2 is 1.79 bits per heavy atom. The highest BCUT2D eigenvalue weighted by Crippen LogP contribution is 2.31. The standard InChI is InChI=1S/C25H23F2N9O3/c1-32-20(12-21(37)33(2)24(32)38)22-18(27)14-29-23(31-22)34-5-7-35(8-6-34)25(39)36-19(3-4-30-36)16-9-15(13-28)10-17(26)11-16/h4,9-12,14,19H,3,5-8H2,1-2H3/t19-/m0/s1. The molecule has 3 aromatic rings. The summed E-state index contributed by atoms with van der Waals surface area (Å²) in [5.41, 5.74) is -0.732. The minimum Gasteiger partial charge on any atom is -0.337 e. The number of anilines is 1. The minimum atomic E-state index is -0.786. The average molecular weight is 536 g/mol. The van der Waals surface area contributed by atoms with Gasteiger partial charge in [0.1, 0.15) is 11.5 Å². The summed E-state index contributed by atoms with van der Waals surface area (Å²) < 4.78 is 30.7. The first-order valence-electron chi connectivity index (χ1n) is 12.0. The van der Waals surface area contributed by atoms with Gasteiger partial charge >= 0.3 is 11.7 Å². The van der Waals surface area contributed by atoms with Gasteiger partial charge in [-0.05, 0) is 23.8 Å². The normalized spacial score (nSPS) is 17.0. The molecule has 0 N–H and O–H groups in total. The molecule has 14 heteroatoms. The van der Waals surface area contributed by atoms with E-state index in [2.05, 4.69) is 15.1 Å². The number of urea groups is 1.